The van der Waals surface area contributed by atoms with E-state index in [9.17, 15) is 19.8 Å². The van der Waals surface area contributed by atoms with Crippen molar-refractivity contribution < 1.29 is 24.5 Å². The molecule has 0 spiro atoms. The van der Waals surface area contributed by atoms with Crippen LogP contribution in [0.4, 0.5) is 0 Å². The van der Waals surface area contributed by atoms with E-state index in [0.29, 0.717) is 11.1 Å². The third kappa shape index (κ3) is 3.24. The number of phenolic OH excluding ortho intramolecular Hbond substituents is 1. The quantitative estimate of drug-likeness (QED) is 0.421. The summed E-state index contributed by atoms with van der Waals surface area (Å²) in [6.45, 7) is 0.300. The van der Waals surface area contributed by atoms with Crippen molar-refractivity contribution in [1.29, 1.82) is 0 Å². The van der Waals surface area contributed by atoms with E-state index in [0.717, 1.165) is 0 Å². The smallest absolute Gasteiger partial charge is 0.295 e. The molecule has 0 unspecified atom stereocenters. The number of carbonyl (C=O) groups excluding carboxylic acids is 2. The summed E-state index contributed by atoms with van der Waals surface area (Å²) in [7, 11) is 1.40. The van der Waals surface area contributed by atoms with Gasteiger partial charge in [-0.3, -0.25) is 9.59 Å². The first-order valence-corrected chi connectivity index (χ1v) is 8.40. The summed E-state index contributed by atoms with van der Waals surface area (Å²) in [6, 6.07) is 12.2. The molecule has 7 heteroatoms. The van der Waals surface area contributed by atoms with Gasteiger partial charge < -0.3 is 25.6 Å². The van der Waals surface area contributed by atoms with Crippen LogP contribution in [0.25, 0.3) is 5.76 Å². The van der Waals surface area contributed by atoms with Gasteiger partial charge in [-0.05, 0) is 17.7 Å². The van der Waals surface area contributed by atoms with Crippen molar-refractivity contribution in [3.8, 4) is 11.5 Å². The van der Waals surface area contributed by atoms with Gasteiger partial charge in [-0.1, -0.05) is 36.4 Å². The molecule has 0 bridgehead atoms. The molecule has 1 amide bonds. The number of methoxy groups -OCH3 is 1. The molecule has 1 aliphatic heterocycles. The van der Waals surface area contributed by atoms with E-state index in [1.807, 2.05) is 0 Å². The Balaban J connectivity index is 2.21. The average Bonchev–Trinajstić information content (AvgIpc) is 2.94. The minimum absolute atomic E-state index is 0.0209. The minimum Gasteiger partial charge on any atom is -0.507 e. The zero-order valence-electron chi connectivity index (χ0n) is 14.8. The van der Waals surface area contributed by atoms with E-state index < -0.39 is 17.7 Å². The number of aliphatic hydroxyl groups excluding tert-OH is 1. The summed E-state index contributed by atoms with van der Waals surface area (Å²) < 4.78 is 5.13. The van der Waals surface area contributed by atoms with Gasteiger partial charge in [0.15, 0.2) is 11.5 Å². The van der Waals surface area contributed by atoms with Crippen molar-refractivity contribution in [2.75, 3.05) is 20.2 Å². The minimum atomic E-state index is -0.830. The van der Waals surface area contributed by atoms with Gasteiger partial charge in [0.25, 0.3) is 11.7 Å². The lowest BCUT2D eigenvalue weighted by molar-refractivity contribution is -0.139. The highest BCUT2D eigenvalue weighted by molar-refractivity contribution is 6.46. The predicted molar refractivity (Wildman–Crippen MR) is 99.2 cm³/mol. The van der Waals surface area contributed by atoms with Crippen LogP contribution in [-0.4, -0.2) is 47.0 Å². The first-order valence-electron chi connectivity index (χ1n) is 8.40. The molecular formula is C20H20N2O5. The van der Waals surface area contributed by atoms with Gasteiger partial charge in [0.05, 0.1) is 18.7 Å². The van der Waals surface area contributed by atoms with Gasteiger partial charge in [-0.25, -0.2) is 0 Å². The van der Waals surface area contributed by atoms with Crippen molar-refractivity contribution in [2.45, 2.75) is 6.04 Å². The van der Waals surface area contributed by atoms with E-state index in [1.54, 1.807) is 36.4 Å². The second-order valence-corrected chi connectivity index (χ2v) is 6.08. The van der Waals surface area contributed by atoms with Gasteiger partial charge in [0.2, 0.25) is 0 Å². The normalized spacial score (nSPS) is 18.7. The maximum atomic E-state index is 12.7. The molecule has 2 aromatic carbocycles. The van der Waals surface area contributed by atoms with E-state index in [4.69, 9.17) is 10.5 Å². The van der Waals surface area contributed by atoms with Gasteiger partial charge in [-0.2, -0.15) is 0 Å². The van der Waals surface area contributed by atoms with E-state index in [-0.39, 0.29) is 35.9 Å². The number of likely N-dealkylation sites (tertiary alicyclic amines) is 1. The van der Waals surface area contributed by atoms with E-state index in [2.05, 4.69) is 0 Å². The molecular weight excluding hydrogens is 348 g/mol. The Morgan fingerprint density at radius 2 is 1.89 bits per heavy atom. The Morgan fingerprint density at radius 1 is 1.19 bits per heavy atom. The average molecular weight is 368 g/mol. The lowest BCUT2D eigenvalue weighted by atomic mass is 9.95. The molecule has 1 saturated heterocycles. The van der Waals surface area contributed by atoms with E-state index in [1.165, 1.54) is 24.1 Å². The number of hydrogen-bond acceptors (Lipinski definition) is 6. The zero-order chi connectivity index (χ0) is 19.6. The number of aromatic hydroxyl groups is 1. The number of aliphatic hydroxyl groups is 1. The number of carbonyl (C=O) groups is 2. The van der Waals surface area contributed by atoms with Crippen LogP contribution in [0.5, 0.6) is 11.5 Å². The summed E-state index contributed by atoms with van der Waals surface area (Å²) in [5.74, 6) is -1.63. The molecule has 140 valence electrons. The van der Waals surface area contributed by atoms with Crippen molar-refractivity contribution >= 4 is 17.4 Å². The molecule has 7 nitrogen and oxygen atoms in total. The number of nitrogens with zero attached hydrogens (tertiary/aromatic N) is 1. The fraction of sp³-hybridized carbons (Fsp3) is 0.200. The van der Waals surface area contributed by atoms with Gasteiger partial charge in [0, 0.05) is 18.7 Å². The number of nitrogens with two attached hydrogens (primary N) is 1. The zero-order valence-corrected chi connectivity index (χ0v) is 14.8. The van der Waals surface area contributed by atoms with Gasteiger partial charge in [0.1, 0.15) is 5.76 Å². The molecule has 27 heavy (non-hydrogen) atoms. The molecule has 0 radical (unpaired) electrons. The van der Waals surface area contributed by atoms with Gasteiger partial charge >= 0.3 is 0 Å². The first-order chi connectivity index (χ1) is 13.0. The van der Waals surface area contributed by atoms with Crippen LogP contribution < -0.4 is 10.5 Å². The van der Waals surface area contributed by atoms with Crippen LogP contribution in [0, 0.1) is 0 Å². The molecule has 1 aliphatic rings. The molecule has 1 atom stereocenters. The molecule has 2 aromatic rings. The number of amides is 1. The molecule has 0 saturated carbocycles. The lowest BCUT2D eigenvalue weighted by Gasteiger charge is -2.25. The molecule has 1 fully saturated rings. The SMILES string of the molecule is COc1cc([C@@H]2C(=C(O)c3ccccc3)C(=O)C(=O)N2CCN)ccc1O. The van der Waals surface area contributed by atoms with E-state index >= 15 is 0 Å². The molecule has 0 aliphatic carbocycles. The fourth-order valence-corrected chi connectivity index (χ4v) is 3.21. The summed E-state index contributed by atoms with van der Waals surface area (Å²) in [6.07, 6.45) is 0. The Kier molecular flexibility index (Phi) is 5.14. The third-order valence-corrected chi connectivity index (χ3v) is 4.48. The largest absolute Gasteiger partial charge is 0.507 e. The van der Waals surface area contributed by atoms with Crippen LogP contribution in [-0.2, 0) is 9.59 Å². The maximum Gasteiger partial charge on any atom is 0.295 e. The van der Waals surface area contributed by atoms with Crippen molar-refractivity contribution in [3.63, 3.8) is 0 Å². The van der Waals surface area contributed by atoms with Crippen LogP contribution in [0.1, 0.15) is 17.2 Å². The molecule has 3 rings (SSSR count). The molecule has 4 N–H and O–H groups in total. The van der Waals surface area contributed by atoms with Crippen LogP contribution >= 0.6 is 0 Å². The number of benzene rings is 2. The Bertz CT molecular complexity index is 908. The highest BCUT2D eigenvalue weighted by Crippen LogP contribution is 2.41. The van der Waals surface area contributed by atoms with Crippen molar-refractivity contribution in [2.24, 2.45) is 5.73 Å². The highest BCUT2D eigenvalue weighted by Gasteiger charge is 2.45. The van der Waals surface area contributed by atoms with Crippen molar-refractivity contribution in [1.82, 2.24) is 4.90 Å². The summed E-state index contributed by atoms with van der Waals surface area (Å²) in [5, 5.41) is 20.6. The standard InChI is InChI=1S/C20H20N2O5/c1-27-15-11-13(7-8-14(15)23)17-16(18(24)12-5-3-2-4-6-12)19(25)20(26)22(17)10-9-21/h2-8,11,17,23-24H,9-10,21H2,1H3/t17-/m1/s1. The number of ketones is 1. The second kappa shape index (κ2) is 7.51. The summed E-state index contributed by atoms with van der Waals surface area (Å²) in [4.78, 5) is 26.5. The maximum absolute atomic E-state index is 12.7. The number of ether oxygens (including phenoxy) is 1. The van der Waals surface area contributed by atoms with Crippen LogP contribution in [0.15, 0.2) is 54.1 Å². The van der Waals surface area contributed by atoms with Crippen LogP contribution in [0.2, 0.25) is 0 Å². The van der Waals surface area contributed by atoms with Gasteiger partial charge in [-0.15, -0.1) is 0 Å². The van der Waals surface area contributed by atoms with Crippen molar-refractivity contribution in [3.05, 3.63) is 65.2 Å². The highest BCUT2D eigenvalue weighted by atomic mass is 16.5. The van der Waals surface area contributed by atoms with Crippen LogP contribution in [0.3, 0.4) is 0 Å². The third-order valence-electron chi connectivity index (χ3n) is 4.48. The molecule has 0 aromatic heterocycles. The fourth-order valence-electron chi connectivity index (χ4n) is 3.21. The number of Topliss-reactive ketones (excluding diaryl/α,β-unsaturated/α-hetero) is 1. The second-order valence-electron chi connectivity index (χ2n) is 6.08. The Morgan fingerprint density at radius 3 is 2.52 bits per heavy atom. The number of phenols is 1. The monoisotopic (exact) mass is 368 g/mol. The summed E-state index contributed by atoms with van der Waals surface area (Å²) in [5.41, 5.74) is 6.55. The first kappa shape index (κ1) is 18.5. The Labute approximate surface area is 156 Å². The lowest BCUT2D eigenvalue weighted by Crippen LogP contribution is -2.34. The summed E-state index contributed by atoms with van der Waals surface area (Å²) >= 11 is 0. The molecule has 1 heterocycles. The number of rotatable bonds is 5. The Hall–Kier alpha value is -3.32. The topological polar surface area (TPSA) is 113 Å². The number of hydrogen-bond donors (Lipinski definition) is 3. The predicted octanol–water partition coefficient (Wildman–Crippen LogP) is 1.78.